The lowest BCUT2D eigenvalue weighted by molar-refractivity contribution is -0.130. The molecule has 0 saturated heterocycles. The van der Waals surface area contributed by atoms with Crippen LogP contribution in [0.15, 0.2) is 18.2 Å². The number of carbonyl (C=O) groups excluding carboxylic acids is 2. The molecule has 1 aromatic carbocycles. The minimum atomic E-state index is -0.415. The maximum Gasteiger partial charge on any atom is 0.270 e. The Morgan fingerprint density at radius 1 is 1.40 bits per heavy atom. The fourth-order valence-electron chi connectivity index (χ4n) is 3.51. The fourth-order valence-corrected chi connectivity index (χ4v) is 3.68. The molecule has 3 rings (SSSR count). The molecular weight excluding hydrogens is 342 g/mol. The molecule has 1 unspecified atom stereocenters. The lowest BCUT2D eigenvalue weighted by Gasteiger charge is -2.33. The van der Waals surface area contributed by atoms with Crippen LogP contribution in [0.5, 0.6) is 0 Å². The van der Waals surface area contributed by atoms with Crippen LogP contribution in [0, 0.1) is 0 Å². The van der Waals surface area contributed by atoms with Gasteiger partial charge < -0.3 is 19.1 Å². The molecule has 0 saturated carbocycles. The van der Waals surface area contributed by atoms with Crippen molar-refractivity contribution in [1.82, 2.24) is 14.4 Å². The van der Waals surface area contributed by atoms with Crippen molar-refractivity contribution < 1.29 is 14.3 Å². The van der Waals surface area contributed by atoms with E-state index in [-0.39, 0.29) is 11.8 Å². The molecule has 1 aliphatic rings. The summed E-state index contributed by atoms with van der Waals surface area (Å²) in [5.41, 5.74) is 2.23. The molecule has 0 fully saturated rings. The minimum absolute atomic E-state index is 0.0244. The highest BCUT2D eigenvalue weighted by Crippen LogP contribution is 2.38. The molecule has 7 heteroatoms. The quantitative estimate of drug-likeness (QED) is 0.836. The van der Waals surface area contributed by atoms with E-state index in [2.05, 4.69) is 0 Å². The number of aromatic nitrogens is 1. The Labute approximate surface area is 151 Å². The van der Waals surface area contributed by atoms with Gasteiger partial charge in [0, 0.05) is 62.8 Å². The van der Waals surface area contributed by atoms with Crippen LogP contribution < -0.4 is 0 Å². The molecule has 1 atom stereocenters. The zero-order valence-electron chi connectivity index (χ0n) is 14.9. The number of nitrogens with zero attached hydrogens (tertiary/aromatic N) is 3. The first kappa shape index (κ1) is 17.8. The van der Waals surface area contributed by atoms with Gasteiger partial charge in [0.25, 0.3) is 5.91 Å². The Morgan fingerprint density at radius 3 is 2.76 bits per heavy atom. The average molecular weight is 364 g/mol. The van der Waals surface area contributed by atoms with Crippen LogP contribution in [0.4, 0.5) is 0 Å². The van der Waals surface area contributed by atoms with E-state index in [1.165, 1.54) is 0 Å². The molecule has 0 spiro atoms. The monoisotopic (exact) mass is 363 g/mol. The van der Waals surface area contributed by atoms with Crippen molar-refractivity contribution >= 4 is 34.3 Å². The maximum atomic E-state index is 13.0. The highest BCUT2D eigenvalue weighted by Gasteiger charge is 2.39. The van der Waals surface area contributed by atoms with Crippen molar-refractivity contribution in [2.24, 2.45) is 7.05 Å². The van der Waals surface area contributed by atoms with Crippen LogP contribution in [-0.4, -0.2) is 67.1 Å². The minimum Gasteiger partial charge on any atom is -0.383 e. The number of amides is 2. The normalized spacial score (nSPS) is 17.1. The van der Waals surface area contributed by atoms with E-state index >= 15 is 0 Å². The largest absolute Gasteiger partial charge is 0.383 e. The number of aryl methyl sites for hydroxylation is 1. The van der Waals surface area contributed by atoms with Crippen LogP contribution in [0.3, 0.4) is 0 Å². The standard InChI is InChI=1S/C18H22ClN3O3/c1-20(2)17(23)13-10-22(7-8-25-4)18(24)16-15(13)12-9-11(19)5-6-14(12)21(16)3/h5-6,9,13H,7-8,10H2,1-4H3. The van der Waals surface area contributed by atoms with Crippen LogP contribution in [-0.2, 0) is 16.6 Å². The van der Waals surface area contributed by atoms with Crippen LogP contribution in [0.25, 0.3) is 10.9 Å². The van der Waals surface area contributed by atoms with E-state index in [1.807, 2.05) is 23.7 Å². The third-order valence-corrected chi connectivity index (χ3v) is 4.98. The molecule has 0 bridgehead atoms. The van der Waals surface area contributed by atoms with Crippen molar-refractivity contribution in [2.45, 2.75) is 5.92 Å². The van der Waals surface area contributed by atoms with Crippen LogP contribution in [0.1, 0.15) is 22.0 Å². The number of hydrogen-bond acceptors (Lipinski definition) is 3. The van der Waals surface area contributed by atoms with E-state index < -0.39 is 5.92 Å². The SMILES string of the molecule is COCCN1CC(C(=O)N(C)C)c2c(n(C)c3ccc(Cl)cc23)C1=O. The molecule has 1 aliphatic heterocycles. The number of ether oxygens (including phenoxy) is 1. The lowest BCUT2D eigenvalue weighted by atomic mass is 9.90. The Hall–Kier alpha value is -2.05. The van der Waals surface area contributed by atoms with Gasteiger partial charge in [-0.1, -0.05) is 11.6 Å². The van der Waals surface area contributed by atoms with Gasteiger partial charge in [0.05, 0.1) is 12.5 Å². The van der Waals surface area contributed by atoms with Crippen molar-refractivity contribution in [3.8, 4) is 0 Å². The number of halogens is 1. The van der Waals surface area contributed by atoms with Gasteiger partial charge in [-0.2, -0.15) is 0 Å². The molecule has 134 valence electrons. The highest BCUT2D eigenvalue weighted by atomic mass is 35.5. The summed E-state index contributed by atoms with van der Waals surface area (Å²) >= 11 is 6.18. The summed E-state index contributed by atoms with van der Waals surface area (Å²) in [6.07, 6.45) is 0. The van der Waals surface area contributed by atoms with E-state index in [1.54, 1.807) is 37.1 Å². The third kappa shape index (κ3) is 2.89. The zero-order chi connectivity index (χ0) is 18.3. The Morgan fingerprint density at radius 2 is 2.12 bits per heavy atom. The Bertz CT molecular complexity index is 844. The van der Waals surface area contributed by atoms with Crippen LogP contribution in [0.2, 0.25) is 5.02 Å². The van der Waals surface area contributed by atoms with Crippen molar-refractivity contribution in [3.63, 3.8) is 0 Å². The first-order valence-corrected chi connectivity index (χ1v) is 8.51. The predicted molar refractivity (Wildman–Crippen MR) is 97.1 cm³/mol. The summed E-state index contributed by atoms with van der Waals surface area (Å²) in [7, 11) is 6.91. The van der Waals surface area contributed by atoms with E-state index in [0.717, 1.165) is 16.5 Å². The Balaban J connectivity index is 2.22. The predicted octanol–water partition coefficient (Wildman–Crippen LogP) is 2.11. The third-order valence-electron chi connectivity index (χ3n) is 4.75. The number of benzene rings is 1. The highest BCUT2D eigenvalue weighted by molar-refractivity contribution is 6.31. The number of carbonyl (C=O) groups is 2. The molecular formula is C18H22ClN3O3. The smallest absolute Gasteiger partial charge is 0.270 e. The number of fused-ring (bicyclic) bond motifs is 3. The first-order valence-electron chi connectivity index (χ1n) is 8.14. The number of hydrogen-bond donors (Lipinski definition) is 0. The molecule has 2 amide bonds. The lowest BCUT2D eigenvalue weighted by Crippen LogP contribution is -2.46. The molecule has 0 aliphatic carbocycles. The van der Waals surface area contributed by atoms with Crippen LogP contribution >= 0.6 is 11.6 Å². The summed E-state index contributed by atoms with van der Waals surface area (Å²) in [4.78, 5) is 29.1. The second kappa shape index (κ2) is 6.69. The van der Waals surface area contributed by atoms with Gasteiger partial charge in [-0.15, -0.1) is 0 Å². The molecule has 1 aromatic heterocycles. The van der Waals surface area contributed by atoms with Crippen molar-refractivity contribution in [3.05, 3.63) is 34.5 Å². The summed E-state index contributed by atoms with van der Waals surface area (Å²) in [5, 5.41) is 1.45. The number of methoxy groups -OCH3 is 1. The topological polar surface area (TPSA) is 54.8 Å². The van der Waals surface area contributed by atoms with Gasteiger partial charge in [0.15, 0.2) is 0 Å². The maximum absolute atomic E-state index is 13.0. The van der Waals surface area contributed by atoms with Crippen molar-refractivity contribution in [1.29, 1.82) is 0 Å². The van der Waals surface area contributed by atoms with E-state index in [9.17, 15) is 9.59 Å². The number of rotatable bonds is 4. The molecule has 2 heterocycles. The fraction of sp³-hybridized carbons (Fsp3) is 0.444. The van der Waals surface area contributed by atoms with Gasteiger partial charge in [-0.05, 0) is 18.2 Å². The molecule has 6 nitrogen and oxygen atoms in total. The summed E-state index contributed by atoms with van der Waals surface area (Å²) in [6, 6.07) is 5.52. The zero-order valence-corrected chi connectivity index (χ0v) is 15.6. The number of likely N-dealkylation sites (N-methyl/N-ethyl adjacent to an activating group) is 1. The average Bonchev–Trinajstić information content (AvgIpc) is 2.86. The summed E-state index contributed by atoms with van der Waals surface area (Å²) < 4.78 is 6.97. The second-order valence-electron chi connectivity index (χ2n) is 6.51. The van der Waals surface area contributed by atoms with Gasteiger partial charge in [0.1, 0.15) is 5.69 Å². The van der Waals surface area contributed by atoms with Gasteiger partial charge in [-0.3, -0.25) is 9.59 Å². The van der Waals surface area contributed by atoms with Gasteiger partial charge >= 0.3 is 0 Å². The van der Waals surface area contributed by atoms with E-state index in [4.69, 9.17) is 16.3 Å². The first-order chi connectivity index (χ1) is 11.9. The van der Waals surface area contributed by atoms with Crippen molar-refractivity contribution in [2.75, 3.05) is 40.9 Å². The Kier molecular flexibility index (Phi) is 4.75. The molecule has 0 radical (unpaired) electrons. The molecule has 0 N–H and O–H groups in total. The van der Waals surface area contributed by atoms with Gasteiger partial charge in [0.2, 0.25) is 5.91 Å². The summed E-state index contributed by atoms with van der Waals surface area (Å²) in [6.45, 7) is 1.23. The van der Waals surface area contributed by atoms with E-state index in [0.29, 0.717) is 30.4 Å². The molecule has 25 heavy (non-hydrogen) atoms. The summed E-state index contributed by atoms with van der Waals surface area (Å²) in [5.74, 6) is -0.518. The molecule has 2 aromatic rings. The van der Waals surface area contributed by atoms with Gasteiger partial charge in [-0.25, -0.2) is 0 Å². The second-order valence-corrected chi connectivity index (χ2v) is 6.95.